The Morgan fingerprint density at radius 2 is 1.20 bits per heavy atom. The number of unbranched alkanes of at least 4 members (excludes halogenated alkanes) is 1. The first-order valence-electron chi connectivity index (χ1n) is 1.50. The average Bonchev–Trinajstić information content (AvgIpc) is 1.37. The quantitative estimate of drug-likeness (QED) is 0.404. The summed E-state index contributed by atoms with van der Waals surface area (Å²) in [6.45, 7) is 7.08. The van der Waals surface area contributed by atoms with E-state index >= 15 is 0 Å². The zero-order valence-electron chi connectivity index (χ0n) is 3.14. The van der Waals surface area contributed by atoms with Gasteiger partial charge in [0.2, 0.25) is 0 Å². The average molecular weight is 163 g/mol. The molecule has 0 saturated carbocycles. The minimum atomic E-state index is 0. The summed E-state index contributed by atoms with van der Waals surface area (Å²) in [6.07, 6.45) is 1.92. The molecule has 0 amide bonds. The molecule has 0 fully saturated rings. The van der Waals surface area contributed by atoms with Gasteiger partial charge in [-0.2, -0.15) is 0 Å². The predicted octanol–water partition coefficient (Wildman–Crippen LogP) is 1.43. The van der Waals surface area contributed by atoms with E-state index in [1.165, 1.54) is 0 Å². The topological polar surface area (TPSA) is 0 Å². The van der Waals surface area contributed by atoms with Crippen LogP contribution in [0.3, 0.4) is 0 Å². The Balaban J connectivity index is 0. The van der Waals surface area contributed by atoms with Gasteiger partial charge in [-0.1, -0.05) is 0 Å². The van der Waals surface area contributed by atoms with Crippen molar-refractivity contribution in [1.29, 1.82) is 0 Å². The van der Waals surface area contributed by atoms with Crippen molar-refractivity contribution < 1.29 is 20.4 Å². The molecular formula is C4H8Pd. The minimum Gasteiger partial charge on any atom is -0.346 e. The van der Waals surface area contributed by atoms with E-state index in [1.54, 1.807) is 0 Å². The largest absolute Gasteiger partial charge is 2.00 e. The Labute approximate surface area is 47.6 Å². The Kier molecular flexibility index (Phi) is 16.2. The van der Waals surface area contributed by atoms with E-state index in [0.29, 0.717) is 0 Å². The van der Waals surface area contributed by atoms with Gasteiger partial charge in [-0.15, -0.1) is 0 Å². The standard InChI is InChI=1S/C4H8.Pd/c1-3-4-2;/h1-4H2;/q-2;+2. The second-order valence-corrected chi connectivity index (χ2v) is 0.707. The normalized spacial score (nSPS) is 6.00. The van der Waals surface area contributed by atoms with Crippen molar-refractivity contribution in [2.24, 2.45) is 0 Å². The zero-order valence-corrected chi connectivity index (χ0v) is 4.70. The van der Waals surface area contributed by atoms with Gasteiger partial charge in [0, 0.05) is 0 Å². The van der Waals surface area contributed by atoms with Crippen LogP contribution in [0.15, 0.2) is 0 Å². The number of hydrogen-bond donors (Lipinski definition) is 0. The van der Waals surface area contributed by atoms with E-state index in [4.69, 9.17) is 0 Å². The Bertz CT molecular complexity index is 5.61. The number of hydrogen-bond acceptors (Lipinski definition) is 0. The van der Waals surface area contributed by atoms with Gasteiger partial charge in [-0.25, -0.2) is 12.8 Å². The molecule has 5 heavy (non-hydrogen) atoms. The van der Waals surface area contributed by atoms with Gasteiger partial charge in [0.25, 0.3) is 0 Å². The zero-order chi connectivity index (χ0) is 3.41. The molecule has 1 heteroatoms. The maximum atomic E-state index is 3.54. The molecular weight excluding hydrogens is 154 g/mol. The van der Waals surface area contributed by atoms with Gasteiger partial charge in [0.15, 0.2) is 0 Å². The van der Waals surface area contributed by atoms with Crippen molar-refractivity contribution in [2.75, 3.05) is 0 Å². The first-order valence-corrected chi connectivity index (χ1v) is 1.50. The second kappa shape index (κ2) is 8.82. The molecule has 0 saturated heterocycles. The molecule has 0 unspecified atom stereocenters. The van der Waals surface area contributed by atoms with Crippen LogP contribution in [-0.4, -0.2) is 0 Å². The van der Waals surface area contributed by atoms with Crippen LogP contribution in [-0.2, 0) is 20.4 Å². The third-order valence-corrected chi connectivity index (χ3v) is 0.250. The van der Waals surface area contributed by atoms with Crippen LogP contribution in [0.2, 0.25) is 0 Å². The SMILES string of the molecule is [CH2-]CC[CH2-].[Pd+2]. The maximum absolute atomic E-state index is 3.54. The Morgan fingerprint density at radius 3 is 1.20 bits per heavy atom. The Morgan fingerprint density at radius 1 is 1.00 bits per heavy atom. The van der Waals surface area contributed by atoms with Gasteiger partial charge in [-0.3, -0.25) is 0 Å². The molecule has 0 aliphatic carbocycles. The van der Waals surface area contributed by atoms with Crippen LogP contribution in [0, 0.1) is 13.8 Å². The molecule has 0 nitrogen and oxygen atoms in total. The van der Waals surface area contributed by atoms with E-state index in [1.807, 2.05) is 0 Å². The smallest absolute Gasteiger partial charge is 0.346 e. The summed E-state index contributed by atoms with van der Waals surface area (Å²) in [5, 5.41) is 0. The molecule has 0 aromatic rings. The van der Waals surface area contributed by atoms with Crippen molar-refractivity contribution in [1.82, 2.24) is 0 Å². The van der Waals surface area contributed by atoms with E-state index in [9.17, 15) is 0 Å². The van der Waals surface area contributed by atoms with Crippen LogP contribution >= 0.6 is 0 Å². The molecule has 0 N–H and O–H groups in total. The first kappa shape index (κ1) is 9.18. The van der Waals surface area contributed by atoms with E-state index in [2.05, 4.69) is 13.8 Å². The molecule has 0 spiro atoms. The van der Waals surface area contributed by atoms with Crippen LogP contribution in [0.5, 0.6) is 0 Å². The molecule has 0 aromatic heterocycles. The fraction of sp³-hybridized carbons (Fsp3) is 0.500. The van der Waals surface area contributed by atoms with Crippen LogP contribution in [0.4, 0.5) is 0 Å². The van der Waals surface area contributed by atoms with E-state index in [0.717, 1.165) is 12.8 Å². The first-order chi connectivity index (χ1) is 1.91. The molecule has 0 aromatic carbocycles. The summed E-state index contributed by atoms with van der Waals surface area (Å²) < 4.78 is 0. The summed E-state index contributed by atoms with van der Waals surface area (Å²) >= 11 is 0. The van der Waals surface area contributed by atoms with Crippen LogP contribution < -0.4 is 0 Å². The molecule has 34 valence electrons. The van der Waals surface area contributed by atoms with E-state index in [-0.39, 0.29) is 20.4 Å². The number of rotatable bonds is 1. The molecule has 0 rings (SSSR count). The van der Waals surface area contributed by atoms with Crippen molar-refractivity contribution in [3.8, 4) is 0 Å². The molecule has 0 radical (unpaired) electrons. The fourth-order valence-electron chi connectivity index (χ4n) is 0. The molecule has 0 bridgehead atoms. The third kappa shape index (κ3) is 12.0. The van der Waals surface area contributed by atoms with E-state index < -0.39 is 0 Å². The molecule has 0 aliphatic rings. The van der Waals surface area contributed by atoms with Crippen molar-refractivity contribution in [3.05, 3.63) is 13.8 Å². The summed E-state index contributed by atoms with van der Waals surface area (Å²) in [5.74, 6) is 0. The monoisotopic (exact) mass is 162 g/mol. The summed E-state index contributed by atoms with van der Waals surface area (Å²) in [6, 6.07) is 0. The van der Waals surface area contributed by atoms with Gasteiger partial charge in [-0.05, 0) is 0 Å². The molecule has 0 aliphatic heterocycles. The maximum Gasteiger partial charge on any atom is 2.00 e. The van der Waals surface area contributed by atoms with Gasteiger partial charge in [0.05, 0.1) is 0 Å². The van der Waals surface area contributed by atoms with Crippen molar-refractivity contribution >= 4 is 0 Å². The summed E-state index contributed by atoms with van der Waals surface area (Å²) in [4.78, 5) is 0. The minimum absolute atomic E-state index is 0. The van der Waals surface area contributed by atoms with Crippen molar-refractivity contribution in [3.63, 3.8) is 0 Å². The Hall–Kier alpha value is 0.662. The fourth-order valence-corrected chi connectivity index (χ4v) is 0. The summed E-state index contributed by atoms with van der Waals surface area (Å²) in [7, 11) is 0. The van der Waals surface area contributed by atoms with Crippen LogP contribution in [0.25, 0.3) is 0 Å². The molecule has 0 heterocycles. The van der Waals surface area contributed by atoms with Gasteiger partial charge in [0.1, 0.15) is 0 Å². The van der Waals surface area contributed by atoms with Gasteiger partial charge >= 0.3 is 20.4 Å². The van der Waals surface area contributed by atoms with Crippen molar-refractivity contribution in [2.45, 2.75) is 12.8 Å². The second-order valence-electron chi connectivity index (χ2n) is 0.707. The third-order valence-electron chi connectivity index (χ3n) is 0.250. The van der Waals surface area contributed by atoms with Gasteiger partial charge < -0.3 is 13.8 Å². The molecule has 0 atom stereocenters. The predicted molar refractivity (Wildman–Crippen MR) is 19.9 cm³/mol. The summed E-state index contributed by atoms with van der Waals surface area (Å²) in [5.41, 5.74) is 0. The van der Waals surface area contributed by atoms with Crippen LogP contribution in [0.1, 0.15) is 12.8 Å².